The number of halogens is 4. The summed E-state index contributed by atoms with van der Waals surface area (Å²) in [5, 5.41) is 6.12. The van der Waals surface area contributed by atoms with E-state index in [1.165, 1.54) is 36.1 Å². The second-order valence-corrected chi connectivity index (χ2v) is 15.1. The number of hydrogen-bond donors (Lipinski definition) is 2. The first-order chi connectivity index (χ1) is 27.2. The van der Waals surface area contributed by atoms with Crippen molar-refractivity contribution in [2.45, 2.75) is 63.3 Å². The number of pyridine rings is 2. The number of aryl methyl sites for hydroxylation is 1. The SMILES string of the molecule is COc1cc(-c2cn(C)c(=O)c3cnccc23)cc(F)c1CN1CCC(N(C)C(=O)C2CCN(c3ccc(NC4CCC(=O)NC4=O)cc3C(F)(F)F)CC2)CC1. The summed E-state index contributed by atoms with van der Waals surface area (Å²) >= 11 is 0. The predicted octanol–water partition coefficient (Wildman–Crippen LogP) is 5.32. The van der Waals surface area contributed by atoms with Crippen LogP contribution in [0.3, 0.4) is 0 Å². The number of ether oxygens (including phenoxy) is 1. The number of methoxy groups -OCH3 is 1. The summed E-state index contributed by atoms with van der Waals surface area (Å²) in [5.41, 5.74) is 0.783. The summed E-state index contributed by atoms with van der Waals surface area (Å²) in [5.74, 6) is -1.38. The predicted molar refractivity (Wildman–Crippen MR) is 206 cm³/mol. The van der Waals surface area contributed by atoms with Gasteiger partial charge in [-0.05, 0) is 79.5 Å². The molecule has 3 aliphatic heterocycles. The van der Waals surface area contributed by atoms with Gasteiger partial charge in [0.1, 0.15) is 17.6 Å². The van der Waals surface area contributed by atoms with Gasteiger partial charge in [0, 0.05) is 106 Å². The second-order valence-electron chi connectivity index (χ2n) is 15.1. The van der Waals surface area contributed by atoms with Crippen molar-refractivity contribution in [3.8, 4) is 16.9 Å². The number of rotatable bonds is 9. The summed E-state index contributed by atoms with van der Waals surface area (Å²) in [6.45, 7) is 2.10. The minimum absolute atomic E-state index is 0.0173. The number of fused-ring (bicyclic) bond motifs is 1. The molecule has 0 bridgehead atoms. The third-order valence-corrected chi connectivity index (χ3v) is 11.6. The third-order valence-electron chi connectivity index (χ3n) is 11.6. The molecule has 4 aromatic rings. The maximum absolute atomic E-state index is 15.9. The van der Waals surface area contributed by atoms with Crippen LogP contribution in [0.25, 0.3) is 21.9 Å². The van der Waals surface area contributed by atoms with Crippen molar-refractivity contribution in [1.29, 1.82) is 0 Å². The van der Waals surface area contributed by atoms with Crippen LogP contribution in [0.4, 0.5) is 28.9 Å². The van der Waals surface area contributed by atoms with Crippen LogP contribution >= 0.6 is 0 Å². The molecule has 0 spiro atoms. The van der Waals surface area contributed by atoms with Gasteiger partial charge in [-0.25, -0.2) is 4.39 Å². The summed E-state index contributed by atoms with van der Waals surface area (Å²) in [4.78, 5) is 59.6. The minimum Gasteiger partial charge on any atom is -0.496 e. The van der Waals surface area contributed by atoms with E-state index in [9.17, 15) is 32.3 Å². The molecule has 2 aromatic carbocycles. The van der Waals surface area contributed by atoms with Crippen LogP contribution < -0.4 is 25.8 Å². The Morgan fingerprint density at radius 1 is 1.00 bits per heavy atom. The van der Waals surface area contributed by atoms with Gasteiger partial charge in [-0.2, -0.15) is 13.2 Å². The first-order valence-corrected chi connectivity index (χ1v) is 19.1. The van der Waals surface area contributed by atoms with Crippen molar-refractivity contribution in [2.75, 3.05) is 50.6 Å². The summed E-state index contributed by atoms with van der Waals surface area (Å²) < 4.78 is 65.8. The van der Waals surface area contributed by atoms with Gasteiger partial charge in [0.15, 0.2) is 0 Å². The Kier molecular flexibility index (Phi) is 11.3. The fourth-order valence-corrected chi connectivity index (χ4v) is 8.33. The molecule has 0 radical (unpaired) electrons. The number of amides is 3. The smallest absolute Gasteiger partial charge is 0.418 e. The van der Waals surface area contributed by atoms with Crippen LogP contribution in [-0.4, -0.2) is 89.5 Å². The van der Waals surface area contributed by atoms with Gasteiger partial charge in [-0.1, -0.05) is 0 Å². The van der Waals surface area contributed by atoms with Gasteiger partial charge >= 0.3 is 6.18 Å². The lowest BCUT2D eigenvalue weighted by atomic mass is 9.92. The Labute approximate surface area is 326 Å². The highest BCUT2D eigenvalue weighted by atomic mass is 19.4. The molecule has 1 unspecified atom stereocenters. The second kappa shape index (κ2) is 16.2. The van der Waals surface area contributed by atoms with Crippen molar-refractivity contribution < 1.29 is 36.7 Å². The van der Waals surface area contributed by atoms with E-state index in [0.29, 0.717) is 78.5 Å². The fraction of sp³-hybridized carbons (Fsp3) is 0.439. The third kappa shape index (κ3) is 8.31. The van der Waals surface area contributed by atoms with Crippen molar-refractivity contribution in [2.24, 2.45) is 13.0 Å². The quantitative estimate of drug-likeness (QED) is 0.171. The van der Waals surface area contributed by atoms with Crippen LogP contribution in [0.15, 0.2) is 59.8 Å². The zero-order chi connectivity index (χ0) is 40.6. The van der Waals surface area contributed by atoms with Crippen molar-refractivity contribution in [3.05, 3.63) is 82.3 Å². The Hall–Kier alpha value is -5.51. The number of nitrogens with zero attached hydrogens (tertiary/aromatic N) is 5. The minimum atomic E-state index is -4.66. The van der Waals surface area contributed by atoms with Gasteiger partial charge in [0.05, 0.1) is 18.1 Å². The number of alkyl halides is 3. The first kappa shape index (κ1) is 39.7. The van der Waals surface area contributed by atoms with Crippen LogP contribution in [0.5, 0.6) is 5.75 Å². The maximum Gasteiger partial charge on any atom is 0.418 e. The number of hydrogen-bond acceptors (Lipinski definition) is 9. The lowest BCUT2D eigenvalue weighted by Crippen LogP contribution is -2.49. The number of likely N-dealkylation sites (tertiary alicyclic amines) is 1. The van der Waals surface area contributed by atoms with Gasteiger partial charge in [-0.3, -0.25) is 34.4 Å². The number of imide groups is 1. The van der Waals surface area contributed by atoms with E-state index in [1.807, 2.05) is 0 Å². The topological polar surface area (TPSA) is 129 Å². The molecular formula is C41H45F4N7O5. The number of benzene rings is 2. The number of piperidine rings is 3. The molecule has 302 valence electrons. The zero-order valence-electron chi connectivity index (χ0n) is 32.0. The van der Waals surface area contributed by atoms with Crippen LogP contribution in [0, 0.1) is 11.7 Å². The average Bonchev–Trinajstić information content (AvgIpc) is 3.20. The largest absolute Gasteiger partial charge is 0.496 e. The number of anilines is 2. The molecule has 3 saturated heterocycles. The standard InChI is InChI=1S/C41H45F4N7O5/c1-49-22-30(28-8-13-46-21-29(28)40(49)56)25-18-33(42)31(36(19-25)57-3)23-51-14-11-27(12-15-51)50(2)39(55)24-9-16-52(17-10-24)35-6-4-26(20-32(35)41(43,44)45)47-34-5-7-37(53)48-38(34)54/h4,6,8,13,18-22,24,27,34,47H,5,7,9-12,14-17,23H2,1-3H3,(H,48,53,54). The van der Waals surface area contributed by atoms with Gasteiger partial charge in [0.25, 0.3) is 5.56 Å². The van der Waals surface area contributed by atoms with E-state index in [-0.39, 0.29) is 60.7 Å². The van der Waals surface area contributed by atoms with Crippen molar-refractivity contribution in [1.82, 2.24) is 24.7 Å². The number of aromatic nitrogens is 2. The summed E-state index contributed by atoms with van der Waals surface area (Å²) in [6.07, 6.45) is 2.56. The highest BCUT2D eigenvalue weighted by molar-refractivity contribution is 6.01. The van der Waals surface area contributed by atoms with E-state index >= 15 is 4.39 Å². The number of nitrogens with one attached hydrogen (secondary N) is 2. The van der Waals surface area contributed by atoms with E-state index in [2.05, 4.69) is 20.5 Å². The van der Waals surface area contributed by atoms with Gasteiger partial charge in [-0.15, -0.1) is 0 Å². The fourth-order valence-electron chi connectivity index (χ4n) is 8.33. The molecule has 3 amide bonds. The molecule has 12 nitrogen and oxygen atoms in total. The monoisotopic (exact) mass is 791 g/mol. The molecule has 2 aromatic heterocycles. The normalized spacial score (nSPS) is 18.8. The van der Waals surface area contributed by atoms with Crippen LogP contribution in [0.2, 0.25) is 0 Å². The molecule has 3 fully saturated rings. The lowest BCUT2D eigenvalue weighted by molar-refractivity contribution is -0.139. The molecule has 5 heterocycles. The highest BCUT2D eigenvalue weighted by Gasteiger charge is 2.38. The Bertz CT molecular complexity index is 2250. The van der Waals surface area contributed by atoms with E-state index < -0.39 is 35.4 Å². The van der Waals surface area contributed by atoms with Crippen molar-refractivity contribution >= 4 is 39.9 Å². The first-order valence-electron chi connectivity index (χ1n) is 19.1. The summed E-state index contributed by atoms with van der Waals surface area (Å²) in [7, 11) is 4.92. The van der Waals surface area contributed by atoms with Crippen LogP contribution in [0.1, 0.15) is 49.7 Å². The summed E-state index contributed by atoms with van der Waals surface area (Å²) in [6, 6.07) is 8.01. The lowest BCUT2D eigenvalue weighted by Gasteiger charge is -2.40. The molecular weight excluding hydrogens is 746 g/mol. The van der Waals surface area contributed by atoms with Crippen molar-refractivity contribution in [3.63, 3.8) is 0 Å². The maximum atomic E-state index is 15.9. The van der Waals surface area contributed by atoms with E-state index in [1.54, 1.807) is 48.4 Å². The molecule has 3 aliphatic rings. The Morgan fingerprint density at radius 3 is 2.42 bits per heavy atom. The molecule has 2 N–H and O–H groups in total. The molecule has 1 atom stereocenters. The molecule has 7 rings (SSSR count). The van der Waals surface area contributed by atoms with Crippen LogP contribution in [-0.2, 0) is 34.2 Å². The molecule has 0 aliphatic carbocycles. The number of carbonyl (C=O) groups excluding carboxylic acids is 3. The van der Waals surface area contributed by atoms with Gasteiger partial charge < -0.3 is 24.4 Å². The molecule has 57 heavy (non-hydrogen) atoms. The molecule has 0 saturated carbocycles. The number of carbonyl (C=O) groups is 3. The van der Waals surface area contributed by atoms with Gasteiger partial charge in [0.2, 0.25) is 17.7 Å². The Balaban J connectivity index is 0.948. The zero-order valence-corrected chi connectivity index (χ0v) is 32.0. The Morgan fingerprint density at radius 2 is 1.74 bits per heavy atom. The average molecular weight is 792 g/mol. The van der Waals surface area contributed by atoms with E-state index in [0.717, 1.165) is 6.07 Å². The van der Waals surface area contributed by atoms with E-state index in [4.69, 9.17) is 4.74 Å². The molecule has 16 heteroatoms. The highest BCUT2D eigenvalue weighted by Crippen LogP contribution is 2.40.